The monoisotopic (exact) mass is 197 g/mol. The molecule has 0 N–H and O–H groups in total. The first-order chi connectivity index (χ1) is 6.37. The molecule has 1 fully saturated rings. The molecule has 1 rings (SSSR count). The maximum Gasteiger partial charge on any atom is 0.233 e. The van der Waals surface area contributed by atoms with Gasteiger partial charge in [-0.05, 0) is 33.6 Å². The normalized spacial score (nSPS) is 32.9. The third kappa shape index (κ3) is 1.56. The van der Waals surface area contributed by atoms with Crippen molar-refractivity contribution in [1.82, 2.24) is 4.90 Å². The van der Waals surface area contributed by atoms with Crippen molar-refractivity contribution >= 4 is 11.7 Å². The lowest BCUT2D eigenvalue weighted by atomic mass is 9.90. The molecule has 14 heavy (non-hydrogen) atoms. The molecule has 0 aromatic heterocycles. The standard InChI is InChI=1S/C11H19NO2/c1-6(2)12-8(4)7(3)10(9(5)13)11(12)14/h6-8,10H,1-5H3/t7-,8-,10-/m1/s1. The summed E-state index contributed by atoms with van der Waals surface area (Å²) in [6.45, 7) is 9.49. The highest BCUT2D eigenvalue weighted by Gasteiger charge is 2.46. The van der Waals surface area contributed by atoms with Crippen molar-refractivity contribution in [3.05, 3.63) is 0 Å². The van der Waals surface area contributed by atoms with E-state index in [0.29, 0.717) is 0 Å². The Labute approximate surface area is 85.5 Å². The van der Waals surface area contributed by atoms with Crippen LogP contribution in [0.25, 0.3) is 0 Å². The van der Waals surface area contributed by atoms with Gasteiger partial charge in [-0.3, -0.25) is 9.59 Å². The van der Waals surface area contributed by atoms with Gasteiger partial charge in [-0.2, -0.15) is 0 Å². The van der Waals surface area contributed by atoms with Crippen LogP contribution in [0.3, 0.4) is 0 Å². The Hall–Kier alpha value is -0.860. The lowest BCUT2D eigenvalue weighted by Gasteiger charge is -2.27. The van der Waals surface area contributed by atoms with E-state index in [2.05, 4.69) is 0 Å². The Kier molecular flexibility index (Phi) is 2.98. The molecule has 3 heteroatoms. The van der Waals surface area contributed by atoms with Crippen molar-refractivity contribution in [2.45, 2.75) is 46.7 Å². The summed E-state index contributed by atoms with van der Waals surface area (Å²) in [6, 6.07) is 0.362. The molecule has 0 saturated carbocycles. The van der Waals surface area contributed by atoms with E-state index in [1.165, 1.54) is 6.92 Å². The van der Waals surface area contributed by atoms with Gasteiger partial charge in [-0.25, -0.2) is 0 Å². The zero-order valence-electron chi connectivity index (χ0n) is 9.57. The average molecular weight is 197 g/mol. The molecule has 1 heterocycles. The maximum atomic E-state index is 11.9. The zero-order chi connectivity index (χ0) is 11.0. The summed E-state index contributed by atoms with van der Waals surface area (Å²) in [4.78, 5) is 25.1. The van der Waals surface area contributed by atoms with E-state index in [9.17, 15) is 9.59 Å². The molecule has 0 aromatic carbocycles. The Morgan fingerprint density at radius 1 is 1.36 bits per heavy atom. The molecular weight excluding hydrogens is 178 g/mol. The topological polar surface area (TPSA) is 37.4 Å². The third-order valence-corrected chi connectivity index (χ3v) is 3.24. The minimum absolute atomic E-state index is 0.00231. The molecule has 3 nitrogen and oxygen atoms in total. The molecule has 1 saturated heterocycles. The van der Waals surface area contributed by atoms with Gasteiger partial charge in [-0.1, -0.05) is 6.92 Å². The van der Waals surface area contributed by atoms with E-state index >= 15 is 0 Å². The van der Waals surface area contributed by atoms with Crippen molar-refractivity contribution in [3.8, 4) is 0 Å². The highest BCUT2D eigenvalue weighted by Crippen LogP contribution is 2.32. The smallest absolute Gasteiger partial charge is 0.233 e. The van der Waals surface area contributed by atoms with Crippen LogP contribution in [-0.4, -0.2) is 28.7 Å². The van der Waals surface area contributed by atoms with Crippen molar-refractivity contribution < 1.29 is 9.59 Å². The van der Waals surface area contributed by atoms with Crippen molar-refractivity contribution in [1.29, 1.82) is 0 Å². The minimum Gasteiger partial charge on any atom is -0.337 e. The fourth-order valence-electron chi connectivity index (χ4n) is 2.39. The van der Waals surface area contributed by atoms with Crippen LogP contribution in [0, 0.1) is 11.8 Å². The van der Waals surface area contributed by atoms with Gasteiger partial charge in [0.05, 0.1) is 0 Å². The molecule has 1 amide bonds. The summed E-state index contributed by atoms with van der Waals surface area (Å²) in [5.41, 5.74) is 0. The summed E-state index contributed by atoms with van der Waals surface area (Å²) in [6.07, 6.45) is 0. The second-order valence-corrected chi connectivity index (χ2v) is 4.53. The number of carbonyl (C=O) groups is 2. The Morgan fingerprint density at radius 2 is 1.86 bits per heavy atom. The number of carbonyl (C=O) groups excluding carboxylic acids is 2. The molecule has 0 spiro atoms. The van der Waals surface area contributed by atoms with Crippen LogP contribution in [0.2, 0.25) is 0 Å². The number of Topliss-reactive ketones (excluding diaryl/α,β-unsaturated/α-hetero) is 1. The van der Waals surface area contributed by atoms with Gasteiger partial charge >= 0.3 is 0 Å². The molecule has 80 valence electrons. The minimum atomic E-state index is -0.410. The Balaban J connectivity index is 2.96. The van der Waals surface area contributed by atoms with Crippen molar-refractivity contribution in [2.24, 2.45) is 11.8 Å². The van der Waals surface area contributed by atoms with Crippen LogP contribution < -0.4 is 0 Å². The van der Waals surface area contributed by atoms with Gasteiger partial charge in [0.2, 0.25) is 5.91 Å². The fraction of sp³-hybridized carbons (Fsp3) is 0.818. The van der Waals surface area contributed by atoms with E-state index < -0.39 is 5.92 Å². The van der Waals surface area contributed by atoms with Gasteiger partial charge in [0.25, 0.3) is 0 Å². The quantitative estimate of drug-likeness (QED) is 0.629. The molecule has 0 radical (unpaired) electrons. The summed E-state index contributed by atoms with van der Waals surface area (Å²) >= 11 is 0. The fourth-order valence-corrected chi connectivity index (χ4v) is 2.39. The summed E-state index contributed by atoms with van der Waals surface area (Å²) < 4.78 is 0. The average Bonchev–Trinajstić information content (AvgIpc) is 2.23. The lowest BCUT2D eigenvalue weighted by Crippen LogP contribution is -2.39. The number of nitrogens with zero attached hydrogens (tertiary/aromatic N) is 1. The summed E-state index contributed by atoms with van der Waals surface area (Å²) in [7, 11) is 0. The van der Waals surface area contributed by atoms with Crippen molar-refractivity contribution in [3.63, 3.8) is 0 Å². The lowest BCUT2D eigenvalue weighted by molar-refractivity contribution is -0.137. The molecule has 3 atom stereocenters. The first kappa shape index (κ1) is 11.2. The zero-order valence-corrected chi connectivity index (χ0v) is 9.57. The molecule has 0 bridgehead atoms. The van der Waals surface area contributed by atoms with E-state index in [1.54, 1.807) is 0 Å². The van der Waals surface area contributed by atoms with E-state index in [0.717, 1.165) is 0 Å². The number of amides is 1. The number of hydrogen-bond donors (Lipinski definition) is 0. The maximum absolute atomic E-state index is 11.9. The Morgan fingerprint density at radius 3 is 2.07 bits per heavy atom. The predicted octanol–water partition coefficient (Wildman–Crippen LogP) is 1.47. The summed E-state index contributed by atoms with van der Waals surface area (Å²) in [5, 5.41) is 0. The number of hydrogen-bond acceptors (Lipinski definition) is 2. The Bertz CT molecular complexity index is 260. The highest BCUT2D eigenvalue weighted by molar-refractivity contribution is 6.02. The number of likely N-dealkylation sites (tertiary alicyclic amines) is 1. The highest BCUT2D eigenvalue weighted by atomic mass is 16.2. The van der Waals surface area contributed by atoms with Crippen LogP contribution in [-0.2, 0) is 9.59 Å². The van der Waals surface area contributed by atoms with E-state index in [-0.39, 0.29) is 29.7 Å². The number of rotatable bonds is 2. The van der Waals surface area contributed by atoms with Crippen LogP contribution in [0.1, 0.15) is 34.6 Å². The molecule has 1 aliphatic heterocycles. The van der Waals surface area contributed by atoms with Gasteiger partial charge < -0.3 is 4.90 Å². The van der Waals surface area contributed by atoms with E-state index in [1.807, 2.05) is 32.6 Å². The van der Waals surface area contributed by atoms with E-state index in [4.69, 9.17) is 0 Å². The van der Waals surface area contributed by atoms with Gasteiger partial charge in [0.15, 0.2) is 0 Å². The molecule has 0 aromatic rings. The number of ketones is 1. The van der Waals surface area contributed by atoms with Crippen LogP contribution in [0.15, 0.2) is 0 Å². The summed E-state index contributed by atoms with van der Waals surface area (Å²) in [5.74, 6) is -0.264. The SMILES string of the molecule is CC(=O)[C@@H]1C(=O)N(C(C)C)[C@H](C)[C@H]1C. The van der Waals surface area contributed by atoms with Crippen LogP contribution in [0.4, 0.5) is 0 Å². The largest absolute Gasteiger partial charge is 0.337 e. The first-order valence-corrected chi connectivity index (χ1v) is 5.20. The molecular formula is C11H19NO2. The van der Waals surface area contributed by atoms with Crippen molar-refractivity contribution in [2.75, 3.05) is 0 Å². The van der Waals surface area contributed by atoms with Gasteiger partial charge in [0.1, 0.15) is 11.7 Å². The van der Waals surface area contributed by atoms with Crippen LogP contribution in [0.5, 0.6) is 0 Å². The first-order valence-electron chi connectivity index (χ1n) is 5.20. The van der Waals surface area contributed by atoms with Gasteiger partial charge in [0, 0.05) is 12.1 Å². The second-order valence-electron chi connectivity index (χ2n) is 4.53. The van der Waals surface area contributed by atoms with Crippen LogP contribution >= 0.6 is 0 Å². The molecule has 1 aliphatic rings. The predicted molar refractivity (Wildman–Crippen MR) is 54.8 cm³/mol. The van der Waals surface area contributed by atoms with Gasteiger partial charge in [-0.15, -0.1) is 0 Å². The second kappa shape index (κ2) is 3.71. The molecule has 0 aliphatic carbocycles. The third-order valence-electron chi connectivity index (χ3n) is 3.24. The molecule has 0 unspecified atom stereocenters.